The number of rotatable bonds is 5. The number of para-hydroxylation sites is 1. The number of ether oxygens (including phenoxy) is 1. The summed E-state index contributed by atoms with van der Waals surface area (Å²) in [4.78, 5) is 35.5. The minimum absolute atomic E-state index is 0.202. The van der Waals surface area contributed by atoms with Crippen molar-refractivity contribution in [2.75, 3.05) is 10.6 Å². The van der Waals surface area contributed by atoms with Crippen LogP contribution in [0.4, 0.5) is 11.4 Å². The summed E-state index contributed by atoms with van der Waals surface area (Å²) in [5.41, 5.74) is 1.30. The first-order chi connectivity index (χ1) is 12.4. The molecule has 7 nitrogen and oxygen atoms in total. The lowest BCUT2D eigenvalue weighted by molar-refractivity contribution is -0.123. The molecule has 0 aliphatic heterocycles. The largest absolute Gasteiger partial charge is 0.449 e. The minimum Gasteiger partial charge on any atom is -0.449 e. The third-order valence-electron chi connectivity index (χ3n) is 3.38. The molecule has 0 fully saturated rings. The van der Waals surface area contributed by atoms with E-state index in [-0.39, 0.29) is 11.5 Å². The summed E-state index contributed by atoms with van der Waals surface area (Å²) >= 11 is 0. The number of benzene rings is 2. The van der Waals surface area contributed by atoms with Gasteiger partial charge >= 0.3 is 5.97 Å². The van der Waals surface area contributed by atoms with E-state index >= 15 is 0 Å². The Morgan fingerprint density at radius 1 is 1.08 bits per heavy atom. The molecule has 2 amide bonds. The Kier molecular flexibility index (Phi) is 6.06. The topological polar surface area (TPSA) is 108 Å². The van der Waals surface area contributed by atoms with Gasteiger partial charge in [0.05, 0.1) is 16.8 Å². The molecule has 0 heterocycles. The van der Waals surface area contributed by atoms with Crippen LogP contribution >= 0.6 is 0 Å². The standard InChI is InChI=1S/C19H17N3O4/c1-12(18(24)22-17-9-4-3-6-15(17)11-20)26-19(25)14-7-5-8-16(10-14)21-13(2)23/h3-10,12H,1-2H3,(H,21,23)(H,22,24)/t12-/m1/s1. The number of anilines is 2. The lowest BCUT2D eigenvalue weighted by atomic mass is 10.2. The minimum atomic E-state index is -1.07. The molecule has 1 atom stereocenters. The van der Waals surface area contributed by atoms with Crippen LogP contribution in [-0.2, 0) is 14.3 Å². The number of hydrogen-bond donors (Lipinski definition) is 2. The molecule has 0 saturated heterocycles. The number of nitriles is 1. The Morgan fingerprint density at radius 2 is 1.81 bits per heavy atom. The second-order valence-corrected chi connectivity index (χ2v) is 5.46. The van der Waals surface area contributed by atoms with E-state index in [9.17, 15) is 14.4 Å². The van der Waals surface area contributed by atoms with Crippen LogP contribution in [0.3, 0.4) is 0 Å². The number of carbonyl (C=O) groups is 3. The predicted molar refractivity (Wildman–Crippen MR) is 95.4 cm³/mol. The average molecular weight is 351 g/mol. The fraction of sp³-hybridized carbons (Fsp3) is 0.158. The second-order valence-electron chi connectivity index (χ2n) is 5.46. The summed E-state index contributed by atoms with van der Waals surface area (Å²) < 4.78 is 5.16. The maximum atomic E-state index is 12.2. The molecule has 7 heteroatoms. The number of hydrogen-bond acceptors (Lipinski definition) is 5. The number of carbonyl (C=O) groups excluding carboxylic acids is 3. The molecule has 2 rings (SSSR count). The summed E-state index contributed by atoms with van der Waals surface area (Å²) in [5.74, 6) is -1.52. The smallest absolute Gasteiger partial charge is 0.338 e. The van der Waals surface area contributed by atoms with Gasteiger partial charge in [0.15, 0.2) is 6.10 Å². The number of nitrogens with one attached hydrogen (secondary N) is 2. The predicted octanol–water partition coefficient (Wildman–Crippen LogP) is 2.70. The van der Waals surface area contributed by atoms with Crippen molar-refractivity contribution < 1.29 is 19.1 Å². The first-order valence-electron chi connectivity index (χ1n) is 7.79. The van der Waals surface area contributed by atoms with Gasteiger partial charge in [0.25, 0.3) is 5.91 Å². The molecule has 0 aliphatic carbocycles. The zero-order valence-electron chi connectivity index (χ0n) is 14.3. The van der Waals surface area contributed by atoms with Crippen molar-refractivity contribution in [1.29, 1.82) is 5.26 Å². The molecule has 0 spiro atoms. The van der Waals surface area contributed by atoms with Crippen molar-refractivity contribution in [3.63, 3.8) is 0 Å². The van der Waals surface area contributed by atoms with E-state index in [1.165, 1.54) is 26.0 Å². The normalized spacial score (nSPS) is 11.0. The van der Waals surface area contributed by atoms with Crippen molar-refractivity contribution in [3.8, 4) is 6.07 Å². The molecule has 0 aliphatic rings. The van der Waals surface area contributed by atoms with Crippen LogP contribution < -0.4 is 10.6 Å². The molecule has 0 saturated carbocycles. The van der Waals surface area contributed by atoms with Gasteiger partial charge in [-0.15, -0.1) is 0 Å². The Bertz CT molecular complexity index is 886. The van der Waals surface area contributed by atoms with Crippen LogP contribution in [-0.4, -0.2) is 23.9 Å². The Hall–Kier alpha value is -3.66. The summed E-state index contributed by atoms with van der Waals surface area (Å²) in [7, 11) is 0. The summed E-state index contributed by atoms with van der Waals surface area (Å²) in [5, 5.41) is 14.2. The highest BCUT2D eigenvalue weighted by Gasteiger charge is 2.20. The van der Waals surface area contributed by atoms with Gasteiger partial charge in [-0.25, -0.2) is 4.79 Å². The van der Waals surface area contributed by atoms with E-state index in [0.717, 1.165) is 0 Å². The van der Waals surface area contributed by atoms with Gasteiger partial charge in [0, 0.05) is 12.6 Å². The van der Waals surface area contributed by atoms with Crippen LogP contribution in [0.5, 0.6) is 0 Å². The van der Waals surface area contributed by atoms with E-state index in [4.69, 9.17) is 10.00 Å². The number of esters is 1. The Morgan fingerprint density at radius 3 is 2.50 bits per heavy atom. The maximum Gasteiger partial charge on any atom is 0.338 e. The molecule has 2 N–H and O–H groups in total. The molecule has 0 aromatic heterocycles. The Labute approximate surface area is 150 Å². The van der Waals surface area contributed by atoms with E-state index in [1.54, 1.807) is 36.4 Å². The van der Waals surface area contributed by atoms with E-state index in [2.05, 4.69) is 10.6 Å². The first-order valence-corrected chi connectivity index (χ1v) is 7.79. The Balaban J connectivity index is 2.03. The molecule has 0 radical (unpaired) electrons. The van der Waals surface area contributed by atoms with Gasteiger partial charge in [-0.3, -0.25) is 9.59 Å². The molecule has 26 heavy (non-hydrogen) atoms. The van der Waals surface area contributed by atoms with Crippen LogP contribution in [0.15, 0.2) is 48.5 Å². The van der Waals surface area contributed by atoms with Gasteiger partial charge in [-0.1, -0.05) is 18.2 Å². The first kappa shape index (κ1) is 18.7. The van der Waals surface area contributed by atoms with Crippen molar-refractivity contribution in [1.82, 2.24) is 0 Å². The highest BCUT2D eigenvalue weighted by Crippen LogP contribution is 2.15. The summed E-state index contributed by atoms with van der Waals surface area (Å²) in [6.45, 7) is 2.79. The van der Waals surface area contributed by atoms with Gasteiger partial charge in [0.1, 0.15) is 6.07 Å². The zero-order chi connectivity index (χ0) is 19.1. The van der Waals surface area contributed by atoms with Crippen LogP contribution in [0.1, 0.15) is 29.8 Å². The average Bonchev–Trinajstić information content (AvgIpc) is 2.61. The fourth-order valence-corrected chi connectivity index (χ4v) is 2.13. The molecule has 2 aromatic carbocycles. The quantitative estimate of drug-likeness (QED) is 0.805. The third-order valence-corrected chi connectivity index (χ3v) is 3.38. The van der Waals surface area contributed by atoms with Gasteiger partial charge in [-0.2, -0.15) is 5.26 Å². The molecular weight excluding hydrogens is 334 g/mol. The number of nitrogens with zero attached hydrogens (tertiary/aromatic N) is 1. The van der Waals surface area contributed by atoms with Gasteiger partial charge in [-0.05, 0) is 37.3 Å². The molecule has 0 bridgehead atoms. The van der Waals surface area contributed by atoms with E-state index in [1.807, 2.05) is 6.07 Å². The molecule has 132 valence electrons. The van der Waals surface area contributed by atoms with Crippen LogP contribution in [0.2, 0.25) is 0 Å². The van der Waals surface area contributed by atoms with Crippen molar-refractivity contribution in [2.24, 2.45) is 0 Å². The summed E-state index contributed by atoms with van der Waals surface area (Å²) in [6.07, 6.45) is -1.07. The highest BCUT2D eigenvalue weighted by atomic mass is 16.5. The molecule has 2 aromatic rings. The molecular formula is C19H17N3O4. The van der Waals surface area contributed by atoms with Crippen molar-refractivity contribution in [2.45, 2.75) is 20.0 Å². The molecule has 0 unspecified atom stereocenters. The summed E-state index contributed by atoms with van der Waals surface area (Å²) in [6, 6.07) is 14.7. The maximum absolute atomic E-state index is 12.2. The van der Waals surface area contributed by atoms with Crippen molar-refractivity contribution in [3.05, 3.63) is 59.7 Å². The van der Waals surface area contributed by atoms with Gasteiger partial charge < -0.3 is 15.4 Å². The number of amides is 2. The lowest BCUT2D eigenvalue weighted by Crippen LogP contribution is -2.30. The highest BCUT2D eigenvalue weighted by molar-refractivity contribution is 5.98. The monoisotopic (exact) mass is 351 g/mol. The SMILES string of the molecule is CC(=O)Nc1cccc(C(=O)O[C@H](C)C(=O)Nc2ccccc2C#N)c1. The second kappa shape index (κ2) is 8.44. The fourth-order valence-electron chi connectivity index (χ4n) is 2.13. The van der Waals surface area contributed by atoms with Gasteiger partial charge in [0.2, 0.25) is 5.91 Å². The van der Waals surface area contributed by atoms with E-state index in [0.29, 0.717) is 16.9 Å². The van der Waals surface area contributed by atoms with Crippen LogP contribution in [0.25, 0.3) is 0 Å². The van der Waals surface area contributed by atoms with Crippen molar-refractivity contribution >= 4 is 29.2 Å². The van der Waals surface area contributed by atoms with Crippen LogP contribution in [0, 0.1) is 11.3 Å². The third kappa shape index (κ3) is 4.92. The zero-order valence-corrected chi connectivity index (χ0v) is 14.3. The lowest BCUT2D eigenvalue weighted by Gasteiger charge is -2.14. The van der Waals surface area contributed by atoms with E-state index < -0.39 is 18.0 Å².